The van der Waals surface area contributed by atoms with E-state index in [-0.39, 0.29) is 0 Å². The van der Waals surface area contributed by atoms with E-state index in [0.29, 0.717) is 11.6 Å². The molecule has 1 aliphatic rings. The fourth-order valence-corrected chi connectivity index (χ4v) is 4.87. The first-order valence-corrected chi connectivity index (χ1v) is 10.0. The maximum atomic E-state index is 13.0. The molecular weight excluding hydrogens is 346 g/mol. The molecule has 26 heavy (non-hydrogen) atoms. The molecule has 1 atom stereocenters. The fourth-order valence-electron chi connectivity index (χ4n) is 3.80. The first kappa shape index (κ1) is 15.8. The Kier molecular flexibility index (Phi) is 3.72. The standard InChI is InChI=1S/C19H19N5OS/c1-13-6-8-15(9-7-13)26(25)23-11-10-16-19(23)20-12-17-21-22-18(24(16)17)14-4-2-3-5-14/h6-12,14H,2-5H2,1H3. The van der Waals surface area contributed by atoms with E-state index in [0.717, 1.165) is 40.3 Å². The van der Waals surface area contributed by atoms with Crippen molar-refractivity contribution in [1.82, 2.24) is 23.6 Å². The summed E-state index contributed by atoms with van der Waals surface area (Å²) in [6, 6.07) is 9.71. The second-order valence-electron chi connectivity index (χ2n) is 6.90. The minimum absolute atomic E-state index is 0.446. The Hall–Kier alpha value is -2.38. The lowest BCUT2D eigenvalue weighted by atomic mass is 10.1. The number of fused-ring (bicyclic) bond motifs is 3. The van der Waals surface area contributed by atoms with Crippen molar-refractivity contribution in [2.24, 2.45) is 0 Å². The summed E-state index contributed by atoms with van der Waals surface area (Å²) >= 11 is -1.34. The number of hydrogen-bond acceptors (Lipinski definition) is 4. The highest BCUT2D eigenvalue weighted by Crippen LogP contribution is 2.34. The maximum absolute atomic E-state index is 13.0. The lowest BCUT2D eigenvalue weighted by Crippen LogP contribution is -2.13. The topological polar surface area (TPSA) is 71.1 Å². The zero-order chi connectivity index (χ0) is 17.7. The van der Waals surface area contributed by atoms with Gasteiger partial charge in [0, 0.05) is 5.92 Å². The van der Waals surface area contributed by atoms with Gasteiger partial charge < -0.3 is 4.55 Å². The fraction of sp³-hybridized carbons (Fsp3) is 0.316. The summed E-state index contributed by atoms with van der Waals surface area (Å²) < 4.78 is 16.8. The number of hydrogen-bond donors (Lipinski definition) is 0. The van der Waals surface area contributed by atoms with Crippen molar-refractivity contribution in [3.8, 4) is 0 Å². The van der Waals surface area contributed by atoms with E-state index in [1.165, 1.54) is 12.8 Å². The molecule has 0 bridgehead atoms. The lowest BCUT2D eigenvalue weighted by Gasteiger charge is -2.11. The van der Waals surface area contributed by atoms with Crippen LogP contribution in [0.25, 0.3) is 16.8 Å². The summed E-state index contributed by atoms with van der Waals surface area (Å²) in [6.45, 7) is 2.02. The van der Waals surface area contributed by atoms with Crippen molar-refractivity contribution < 1.29 is 4.55 Å². The number of nitrogens with zero attached hydrogens (tertiary/aromatic N) is 5. The lowest BCUT2D eigenvalue weighted by molar-refractivity contribution is 0.587. The zero-order valence-electron chi connectivity index (χ0n) is 14.5. The van der Waals surface area contributed by atoms with Crippen molar-refractivity contribution in [3.05, 3.63) is 54.1 Å². The van der Waals surface area contributed by atoms with Gasteiger partial charge in [0.2, 0.25) is 5.65 Å². The van der Waals surface area contributed by atoms with E-state index < -0.39 is 11.4 Å². The van der Waals surface area contributed by atoms with Gasteiger partial charge in [-0.15, -0.1) is 14.2 Å². The van der Waals surface area contributed by atoms with Crippen LogP contribution >= 0.6 is 0 Å². The summed E-state index contributed by atoms with van der Waals surface area (Å²) in [4.78, 5) is 5.28. The minimum Gasteiger partial charge on any atom is -0.587 e. The van der Waals surface area contributed by atoms with Crippen molar-refractivity contribution in [3.63, 3.8) is 0 Å². The summed E-state index contributed by atoms with van der Waals surface area (Å²) in [7, 11) is 0. The molecule has 1 aliphatic carbocycles. The van der Waals surface area contributed by atoms with E-state index in [2.05, 4.69) is 19.6 Å². The highest BCUT2D eigenvalue weighted by Gasteiger charge is 2.25. The second kappa shape index (κ2) is 6.10. The van der Waals surface area contributed by atoms with Crippen LogP contribution in [-0.4, -0.2) is 28.1 Å². The van der Waals surface area contributed by atoms with Crippen LogP contribution in [0.3, 0.4) is 0 Å². The summed E-state index contributed by atoms with van der Waals surface area (Å²) in [5, 5.41) is 8.74. The summed E-state index contributed by atoms with van der Waals surface area (Å²) in [6.07, 6.45) is 8.35. The van der Waals surface area contributed by atoms with Gasteiger partial charge in [-0.3, -0.25) is 4.40 Å². The first-order valence-electron chi connectivity index (χ1n) is 8.92. The molecule has 132 valence electrons. The Balaban J connectivity index is 1.65. The van der Waals surface area contributed by atoms with Gasteiger partial charge in [0.25, 0.3) is 0 Å². The average Bonchev–Trinajstić information content (AvgIpc) is 3.39. The second-order valence-corrected chi connectivity index (χ2v) is 8.27. The molecule has 0 radical (unpaired) electrons. The van der Waals surface area contributed by atoms with E-state index in [1.807, 2.05) is 43.5 Å². The molecule has 5 rings (SSSR count). The van der Waals surface area contributed by atoms with Crippen molar-refractivity contribution in [2.75, 3.05) is 0 Å². The molecule has 1 saturated carbocycles. The van der Waals surface area contributed by atoms with Crippen LogP contribution < -0.4 is 0 Å². The number of benzene rings is 1. The van der Waals surface area contributed by atoms with Crippen LogP contribution in [0.2, 0.25) is 0 Å². The van der Waals surface area contributed by atoms with Gasteiger partial charge in [0.1, 0.15) is 17.2 Å². The zero-order valence-corrected chi connectivity index (χ0v) is 15.3. The molecule has 0 spiro atoms. The smallest absolute Gasteiger partial charge is 0.203 e. The largest absolute Gasteiger partial charge is 0.587 e. The van der Waals surface area contributed by atoms with E-state index >= 15 is 0 Å². The van der Waals surface area contributed by atoms with E-state index in [4.69, 9.17) is 0 Å². The molecule has 0 saturated heterocycles. The van der Waals surface area contributed by atoms with Crippen LogP contribution in [0.15, 0.2) is 47.6 Å². The summed E-state index contributed by atoms with van der Waals surface area (Å²) in [5.74, 6) is 1.45. The average molecular weight is 365 g/mol. The molecule has 1 fully saturated rings. The Labute approximate surface area is 154 Å². The SMILES string of the molecule is Cc1ccc([S+]([O-])n2ccc3c2ncc2nnc(C4CCCC4)n23)cc1. The van der Waals surface area contributed by atoms with Gasteiger partial charge in [-0.2, -0.15) is 0 Å². The van der Waals surface area contributed by atoms with Crippen LogP contribution in [0.1, 0.15) is 43.0 Å². The van der Waals surface area contributed by atoms with Crippen LogP contribution in [0.4, 0.5) is 0 Å². The molecule has 7 heteroatoms. The van der Waals surface area contributed by atoms with Crippen LogP contribution in [-0.2, 0) is 11.4 Å². The molecule has 6 nitrogen and oxygen atoms in total. The monoisotopic (exact) mass is 365 g/mol. The Bertz CT molecular complexity index is 1080. The number of aromatic nitrogens is 5. The van der Waals surface area contributed by atoms with E-state index in [9.17, 15) is 4.55 Å². The van der Waals surface area contributed by atoms with Gasteiger partial charge >= 0.3 is 0 Å². The first-order chi connectivity index (χ1) is 12.7. The Morgan fingerprint density at radius 3 is 2.62 bits per heavy atom. The van der Waals surface area contributed by atoms with Gasteiger partial charge in [-0.1, -0.05) is 30.5 Å². The molecular formula is C19H19N5OS. The molecule has 3 heterocycles. The predicted octanol–water partition coefficient (Wildman–Crippen LogP) is 3.62. The summed E-state index contributed by atoms with van der Waals surface area (Å²) in [5.41, 5.74) is 3.50. The third-order valence-electron chi connectivity index (χ3n) is 5.18. The Morgan fingerprint density at radius 2 is 1.85 bits per heavy atom. The van der Waals surface area contributed by atoms with Gasteiger partial charge in [0.15, 0.2) is 10.5 Å². The number of aryl methyl sites for hydroxylation is 1. The predicted molar refractivity (Wildman–Crippen MR) is 100 cm³/mol. The quantitative estimate of drug-likeness (QED) is 0.520. The number of rotatable bonds is 3. The molecule has 0 N–H and O–H groups in total. The molecule has 1 aromatic carbocycles. The van der Waals surface area contributed by atoms with Crippen molar-refractivity contribution in [2.45, 2.75) is 43.4 Å². The highest BCUT2D eigenvalue weighted by molar-refractivity contribution is 7.90. The minimum atomic E-state index is -1.34. The molecule has 4 aromatic rings. The third kappa shape index (κ3) is 2.42. The van der Waals surface area contributed by atoms with Gasteiger partial charge in [0.05, 0.1) is 17.9 Å². The van der Waals surface area contributed by atoms with E-state index in [1.54, 1.807) is 10.2 Å². The molecule has 3 aromatic heterocycles. The van der Waals surface area contributed by atoms with Crippen molar-refractivity contribution in [1.29, 1.82) is 0 Å². The van der Waals surface area contributed by atoms with Crippen LogP contribution in [0.5, 0.6) is 0 Å². The van der Waals surface area contributed by atoms with Crippen molar-refractivity contribution >= 4 is 28.2 Å². The van der Waals surface area contributed by atoms with Gasteiger partial charge in [-0.05, 0) is 38.0 Å². The molecule has 1 unspecified atom stereocenters. The molecule has 0 aliphatic heterocycles. The normalized spacial score (nSPS) is 16.7. The molecule has 0 amide bonds. The van der Waals surface area contributed by atoms with Gasteiger partial charge in [-0.25, -0.2) is 4.98 Å². The highest BCUT2D eigenvalue weighted by atomic mass is 32.2. The Morgan fingerprint density at radius 1 is 1.08 bits per heavy atom. The van der Waals surface area contributed by atoms with Crippen LogP contribution in [0, 0.1) is 6.92 Å². The third-order valence-corrected chi connectivity index (χ3v) is 6.51. The maximum Gasteiger partial charge on any atom is 0.203 e.